The molecule has 0 bridgehead atoms. The van der Waals surface area contributed by atoms with Crippen molar-refractivity contribution in [1.29, 1.82) is 0 Å². The number of hydrogen-bond acceptors (Lipinski definition) is 4. The monoisotopic (exact) mass is 295 g/mol. The smallest absolute Gasteiger partial charge is 0.323 e. The molecule has 6 nitrogen and oxygen atoms in total. The number of fused-ring (bicyclic) bond motifs is 1. The van der Waals surface area contributed by atoms with Crippen molar-refractivity contribution in [3.05, 3.63) is 30.5 Å². The highest BCUT2D eigenvalue weighted by molar-refractivity contribution is 7.87. The van der Waals surface area contributed by atoms with Gasteiger partial charge in [0.25, 0.3) is 0 Å². The van der Waals surface area contributed by atoms with E-state index in [1.54, 1.807) is 12.3 Å². The summed E-state index contributed by atoms with van der Waals surface area (Å²) in [5, 5.41) is 14.0. The Morgan fingerprint density at radius 3 is 2.90 bits per heavy atom. The number of aromatic nitrogens is 2. The Balaban J connectivity index is 1.98. The minimum Gasteiger partial charge on any atom is -0.396 e. The molecule has 1 fully saturated rings. The van der Waals surface area contributed by atoms with Crippen molar-refractivity contribution in [1.82, 2.24) is 13.5 Å². The van der Waals surface area contributed by atoms with Crippen molar-refractivity contribution in [2.45, 2.75) is 25.3 Å². The Morgan fingerprint density at radius 1 is 1.35 bits per heavy atom. The number of benzene rings is 1. The first-order valence-corrected chi connectivity index (χ1v) is 8.10. The summed E-state index contributed by atoms with van der Waals surface area (Å²) in [6.45, 7) is 0.487. The van der Waals surface area contributed by atoms with Crippen LogP contribution in [0.2, 0.25) is 0 Å². The maximum absolute atomic E-state index is 12.6. The van der Waals surface area contributed by atoms with Crippen LogP contribution in [0.3, 0.4) is 0 Å². The summed E-state index contributed by atoms with van der Waals surface area (Å²) < 4.78 is 27.8. The van der Waals surface area contributed by atoms with Gasteiger partial charge in [-0.25, -0.2) is 0 Å². The van der Waals surface area contributed by atoms with Gasteiger partial charge in [0.2, 0.25) is 0 Å². The largest absolute Gasteiger partial charge is 0.396 e. The summed E-state index contributed by atoms with van der Waals surface area (Å²) in [7, 11) is -3.64. The lowest BCUT2D eigenvalue weighted by Gasteiger charge is -2.22. The molecule has 108 valence electrons. The normalized spacial score (nSPS) is 20.8. The Bertz CT molecular complexity index is 677. The van der Waals surface area contributed by atoms with Gasteiger partial charge in [-0.3, -0.25) is 0 Å². The molecule has 1 N–H and O–H groups in total. The summed E-state index contributed by atoms with van der Waals surface area (Å²) >= 11 is 0. The van der Waals surface area contributed by atoms with Crippen LogP contribution in [-0.4, -0.2) is 46.2 Å². The zero-order valence-corrected chi connectivity index (χ0v) is 11.8. The van der Waals surface area contributed by atoms with Gasteiger partial charge in [-0.2, -0.15) is 21.9 Å². The molecule has 1 aromatic carbocycles. The van der Waals surface area contributed by atoms with Gasteiger partial charge in [0, 0.05) is 24.6 Å². The van der Waals surface area contributed by atoms with E-state index in [4.69, 9.17) is 5.11 Å². The molecule has 0 aliphatic carbocycles. The molecule has 3 rings (SSSR count). The zero-order chi connectivity index (χ0) is 14.2. The van der Waals surface area contributed by atoms with E-state index in [1.807, 2.05) is 18.2 Å². The predicted octanol–water partition coefficient (Wildman–Crippen LogP) is 0.976. The van der Waals surface area contributed by atoms with Gasteiger partial charge < -0.3 is 5.11 Å². The molecule has 0 amide bonds. The van der Waals surface area contributed by atoms with E-state index in [-0.39, 0.29) is 12.6 Å². The SMILES string of the molecule is O=S(=O)(N1CCC[C@@H]1CCO)n1cc2ccccc2n1. The number of hydrogen-bond donors (Lipinski definition) is 1. The average molecular weight is 295 g/mol. The summed E-state index contributed by atoms with van der Waals surface area (Å²) in [5.41, 5.74) is 0.661. The predicted molar refractivity (Wildman–Crippen MR) is 75.5 cm³/mol. The van der Waals surface area contributed by atoms with E-state index >= 15 is 0 Å². The molecule has 1 atom stereocenters. The van der Waals surface area contributed by atoms with Crippen LogP contribution in [0.1, 0.15) is 19.3 Å². The van der Waals surface area contributed by atoms with Crippen LogP contribution in [-0.2, 0) is 10.2 Å². The van der Waals surface area contributed by atoms with Crippen LogP contribution in [0.5, 0.6) is 0 Å². The number of aliphatic hydroxyl groups excluding tert-OH is 1. The molecule has 1 aliphatic rings. The quantitative estimate of drug-likeness (QED) is 0.912. The fourth-order valence-electron chi connectivity index (χ4n) is 2.72. The standard InChI is InChI=1S/C13H17N3O3S/c17-9-7-12-5-3-8-15(12)20(18,19)16-10-11-4-1-2-6-13(11)14-16/h1-2,4,6,10,12,17H,3,5,7-9H2/t12-/m1/s1. The van der Waals surface area contributed by atoms with Crippen LogP contribution in [0, 0.1) is 0 Å². The fourth-order valence-corrected chi connectivity index (χ4v) is 4.32. The Hall–Kier alpha value is -1.44. The maximum atomic E-state index is 12.6. The van der Waals surface area contributed by atoms with Crippen molar-refractivity contribution in [3.8, 4) is 0 Å². The molecule has 2 heterocycles. The van der Waals surface area contributed by atoms with Gasteiger partial charge in [0.05, 0.1) is 11.7 Å². The topological polar surface area (TPSA) is 75.4 Å². The third-order valence-electron chi connectivity index (χ3n) is 3.71. The molecule has 20 heavy (non-hydrogen) atoms. The van der Waals surface area contributed by atoms with E-state index < -0.39 is 10.2 Å². The van der Waals surface area contributed by atoms with E-state index in [9.17, 15) is 8.42 Å². The van der Waals surface area contributed by atoms with Crippen LogP contribution < -0.4 is 0 Å². The summed E-state index contributed by atoms with van der Waals surface area (Å²) in [6.07, 6.45) is 3.63. The first-order chi connectivity index (χ1) is 9.63. The van der Waals surface area contributed by atoms with Crippen molar-refractivity contribution in [3.63, 3.8) is 0 Å². The lowest BCUT2D eigenvalue weighted by Crippen LogP contribution is -2.39. The lowest BCUT2D eigenvalue weighted by atomic mass is 10.2. The Labute approximate surface area is 117 Å². The molecule has 1 aliphatic heterocycles. The number of rotatable bonds is 4. The highest BCUT2D eigenvalue weighted by Crippen LogP contribution is 2.25. The second kappa shape index (κ2) is 5.16. The van der Waals surface area contributed by atoms with Crippen LogP contribution in [0.25, 0.3) is 10.9 Å². The maximum Gasteiger partial charge on any atom is 0.323 e. The minimum atomic E-state index is -3.64. The Kier molecular flexibility index (Phi) is 3.49. The van der Waals surface area contributed by atoms with E-state index in [0.29, 0.717) is 18.5 Å². The molecular weight excluding hydrogens is 278 g/mol. The molecule has 0 spiro atoms. The van der Waals surface area contributed by atoms with Gasteiger partial charge in [-0.15, -0.1) is 0 Å². The van der Waals surface area contributed by atoms with Crippen molar-refractivity contribution >= 4 is 21.1 Å². The van der Waals surface area contributed by atoms with Crippen LogP contribution >= 0.6 is 0 Å². The molecule has 1 aromatic heterocycles. The zero-order valence-electron chi connectivity index (χ0n) is 11.0. The van der Waals surface area contributed by atoms with Gasteiger partial charge in [0.1, 0.15) is 0 Å². The summed E-state index contributed by atoms with van der Waals surface area (Å²) in [4.78, 5) is 0. The fraction of sp³-hybridized carbons (Fsp3) is 0.462. The van der Waals surface area contributed by atoms with Crippen molar-refractivity contribution in [2.24, 2.45) is 0 Å². The van der Waals surface area contributed by atoms with Gasteiger partial charge >= 0.3 is 10.2 Å². The van der Waals surface area contributed by atoms with E-state index in [2.05, 4.69) is 5.10 Å². The molecule has 1 saturated heterocycles. The van der Waals surface area contributed by atoms with Crippen molar-refractivity contribution in [2.75, 3.05) is 13.2 Å². The molecule has 2 aromatic rings. The van der Waals surface area contributed by atoms with Crippen LogP contribution in [0.4, 0.5) is 0 Å². The molecular formula is C13H17N3O3S. The van der Waals surface area contributed by atoms with Gasteiger partial charge in [0.15, 0.2) is 0 Å². The minimum absolute atomic E-state index is 0.00221. The van der Waals surface area contributed by atoms with E-state index in [1.165, 1.54) is 4.31 Å². The number of nitrogens with zero attached hydrogens (tertiary/aromatic N) is 3. The number of aliphatic hydroxyl groups is 1. The third kappa shape index (κ3) is 2.21. The first-order valence-electron chi connectivity index (χ1n) is 6.70. The van der Waals surface area contributed by atoms with Gasteiger partial charge in [-0.05, 0) is 25.3 Å². The third-order valence-corrected chi connectivity index (χ3v) is 5.44. The molecule has 0 saturated carbocycles. The molecule has 0 radical (unpaired) electrons. The first kappa shape index (κ1) is 13.5. The second-order valence-electron chi connectivity index (χ2n) is 4.99. The van der Waals surface area contributed by atoms with Crippen molar-refractivity contribution < 1.29 is 13.5 Å². The second-order valence-corrected chi connectivity index (χ2v) is 6.73. The summed E-state index contributed by atoms with van der Waals surface area (Å²) in [5.74, 6) is 0. The summed E-state index contributed by atoms with van der Waals surface area (Å²) in [6, 6.07) is 7.18. The molecule has 7 heteroatoms. The highest BCUT2D eigenvalue weighted by Gasteiger charge is 2.35. The average Bonchev–Trinajstić information content (AvgIpc) is 3.05. The van der Waals surface area contributed by atoms with E-state index in [0.717, 1.165) is 22.3 Å². The molecule has 0 unspecified atom stereocenters. The van der Waals surface area contributed by atoms with Crippen LogP contribution in [0.15, 0.2) is 30.5 Å². The van der Waals surface area contributed by atoms with Gasteiger partial charge in [-0.1, -0.05) is 18.2 Å². The lowest BCUT2D eigenvalue weighted by molar-refractivity contribution is 0.245. The highest BCUT2D eigenvalue weighted by atomic mass is 32.2. The Morgan fingerprint density at radius 2 is 2.15 bits per heavy atom.